The summed E-state index contributed by atoms with van der Waals surface area (Å²) in [6.45, 7) is 0.266. The number of halogens is 3. The van der Waals surface area contributed by atoms with E-state index < -0.39 is 12.3 Å². The fraction of sp³-hybridized carbons (Fsp3) is 0.188. The molecule has 0 aliphatic carbocycles. The number of hydrogen-bond donors (Lipinski definition) is 0. The maximum Gasteiger partial charge on any atom is 0.573 e. The van der Waals surface area contributed by atoms with Crippen LogP contribution in [-0.4, -0.2) is 19.4 Å². The molecule has 0 unspecified atom stereocenters. The van der Waals surface area contributed by atoms with E-state index in [-0.39, 0.29) is 12.3 Å². The largest absolute Gasteiger partial charge is 0.573 e. The Balaban J connectivity index is 1.93. The predicted molar refractivity (Wildman–Crippen MR) is 79.1 cm³/mol. The van der Waals surface area contributed by atoms with Crippen LogP contribution in [0.1, 0.15) is 15.9 Å². The summed E-state index contributed by atoms with van der Waals surface area (Å²) in [5.74, 6) is -0.746. The van der Waals surface area contributed by atoms with Crippen LogP contribution in [0, 0.1) is 0 Å². The molecule has 0 spiro atoms. The lowest BCUT2D eigenvalue weighted by Gasteiger charge is -2.08. The molecule has 0 aliphatic rings. The van der Waals surface area contributed by atoms with Gasteiger partial charge in [0.15, 0.2) is 0 Å². The Bertz CT molecular complexity index is 711. The molecule has 0 radical (unpaired) electrons. The summed E-state index contributed by atoms with van der Waals surface area (Å²) in [6.07, 6.45) is -4.72. The molecule has 2 rings (SSSR count). The predicted octanol–water partition coefficient (Wildman–Crippen LogP) is 4.66. The SMILES string of the molecule is COC(=O)c1ccc(CN=Nc2ccc(OC(F)(F)F)cc2)cc1. The summed E-state index contributed by atoms with van der Waals surface area (Å²) in [5.41, 5.74) is 1.65. The van der Waals surface area contributed by atoms with Crippen molar-refractivity contribution >= 4 is 11.7 Å². The summed E-state index contributed by atoms with van der Waals surface area (Å²) in [5, 5.41) is 7.87. The van der Waals surface area contributed by atoms with Gasteiger partial charge < -0.3 is 9.47 Å². The molecule has 0 atom stereocenters. The molecule has 0 fully saturated rings. The topological polar surface area (TPSA) is 60.2 Å². The van der Waals surface area contributed by atoms with E-state index in [1.165, 1.54) is 19.2 Å². The zero-order chi connectivity index (χ0) is 17.6. The highest BCUT2D eigenvalue weighted by molar-refractivity contribution is 5.89. The molecule has 8 heteroatoms. The van der Waals surface area contributed by atoms with Crippen LogP contribution in [-0.2, 0) is 11.3 Å². The van der Waals surface area contributed by atoms with Crippen LogP contribution < -0.4 is 4.74 Å². The number of carbonyl (C=O) groups excluding carboxylic acids is 1. The molecule has 0 aliphatic heterocycles. The molecule has 0 heterocycles. The minimum atomic E-state index is -4.72. The van der Waals surface area contributed by atoms with E-state index in [2.05, 4.69) is 19.7 Å². The number of azo groups is 1. The van der Waals surface area contributed by atoms with Gasteiger partial charge in [-0.2, -0.15) is 10.2 Å². The first-order chi connectivity index (χ1) is 11.4. The third-order valence-corrected chi connectivity index (χ3v) is 2.88. The summed E-state index contributed by atoms with van der Waals surface area (Å²) in [4.78, 5) is 11.3. The highest BCUT2D eigenvalue weighted by Crippen LogP contribution is 2.25. The molecule has 0 saturated heterocycles. The molecular formula is C16H13F3N2O3. The molecule has 0 bridgehead atoms. The number of alkyl halides is 3. The van der Waals surface area contributed by atoms with E-state index >= 15 is 0 Å². The first-order valence-electron chi connectivity index (χ1n) is 6.78. The van der Waals surface area contributed by atoms with Gasteiger partial charge in [0.25, 0.3) is 0 Å². The number of hydrogen-bond acceptors (Lipinski definition) is 5. The van der Waals surface area contributed by atoms with E-state index in [1.807, 2.05) is 0 Å². The fourth-order valence-corrected chi connectivity index (χ4v) is 1.78. The van der Waals surface area contributed by atoms with Crippen LogP contribution in [0.4, 0.5) is 18.9 Å². The lowest BCUT2D eigenvalue weighted by atomic mass is 10.1. The van der Waals surface area contributed by atoms with Crippen LogP contribution in [0.3, 0.4) is 0 Å². The molecule has 24 heavy (non-hydrogen) atoms. The zero-order valence-electron chi connectivity index (χ0n) is 12.6. The lowest BCUT2D eigenvalue weighted by molar-refractivity contribution is -0.274. The van der Waals surface area contributed by atoms with Crippen LogP contribution in [0.2, 0.25) is 0 Å². The van der Waals surface area contributed by atoms with Gasteiger partial charge in [0, 0.05) is 0 Å². The summed E-state index contributed by atoms with van der Waals surface area (Å²) >= 11 is 0. The zero-order valence-corrected chi connectivity index (χ0v) is 12.6. The van der Waals surface area contributed by atoms with Crippen LogP contribution in [0.15, 0.2) is 58.8 Å². The van der Waals surface area contributed by atoms with Crippen molar-refractivity contribution in [1.82, 2.24) is 0 Å². The van der Waals surface area contributed by atoms with E-state index in [0.29, 0.717) is 11.3 Å². The Labute approximate surface area is 135 Å². The maximum atomic E-state index is 12.0. The Kier molecular flexibility index (Phi) is 5.51. The quantitative estimate of drug-likeness (QED) is 0.589. The van der Waals surface area contributed by atoms with Crippen molar-refractivity contribution in [2.75, 3.05) is 7.11 Å². The maximum absolute atomic E-state index is 12.0. The number of benzene rings is 2. The number of methoxy groups -OCH3 is 1. The highest BCUT2D eigenvalue weighted by atomic mass is 19.4. The van der Waals surface area contributed by atoms with Gasteiger partial charge in [-0.15, -0.1) is 13.2 Å². The van der Waals surface area contributed by atoms with Gasteiger partial charge >= 0.3 is 12.3 Å². The van der Waals surface area contributed by atoms with Crippen LogP contribution >= 0.6 is 0 Å². The minimum absolute atomic E-state index is 0.266. The number of carbonyl (C=O) groups is 1. The average Bonchev–Trinajstić information content (AvgIpc) is 2.55. The van der Waals surface area contributed by atoms with Gasteiger partial charge in [-0.05, 0) is 42.0 Å². The molecule has 5 nitrogen and oxygen atoms in total. The fourth-order valence-electron chi connectivity index (χ4n) is 1.78. The van der Waals surface area contributed by atoms with Crippen molar-refractivity contribution in [3.8, 4) is 5.75 Å². The Morgan fingerprint density at radius 1 is 1.04 bits per heavy atom. The van der Waals surface area contributed by atoms with E-state index in [9.17, 15) is 18.0 Å². The molecule has 0 N–H and O–H groups in total. The monoisotopic (exact) mass is 338 g/mol. The third kappa shape index (κ3) is 5.38. The van der Waals surface area contributed by atoms with Gasteiger partial charge in [-0.3, -0.25) is 0 Å². The van der Waals surface area contributed by atoms with Crippen molar-refractivity contribution in [2.24, 2.45) is 10.2 Å². The standard InChI is InChI=1S/C16H13F3N2O3/c1-23-15(22)12-4-2-11(3-5-12)10-20-21-13-6-8-14(9-7-13)24-16(17,18)19/h2-9H,10H2,1H3. The Morgan fingerprint density at radius 3 is 2.21 bits per heavy atom. The van der Waals surface area contributed by atoms with Crippen molar-refractivity contribution in [1.29, 1.82) is 0 Å². The van der Waals surface area contributed by atoms with E-state index in [1.54, 1.807) is 24.3 Å². The first-order valence-corrected chi connectivity index (χ1v) is 6.78. The number of ether oxygens (including phenoxy) is 2. The molecule has 2 aromatic carbocycles. The van der Waals surface area contributed by atoms with Gasteiger partial charge in [0.05, 0.1) is 24.9 Å². The Morgan fingerprint density at radius 2 is 1.67 bits per heavy atom. The molecule has 126 valence electrons. The van der Waals surface area contributed by atoms with Crippen molar-refractivity contribution in [3.63, 3.8) is 0 Å². The normalized spacial score (nSPS) is 11.5. The number of nitrogens with zero attached hydrogens (tertiary/aromatic N) is 2. The molecule has 0 saturated carbocycles. The second-order valence-corrected chi connectivity index (χ2v) is 4.63. The van der Waals surface area contributed by atoms with Gasteiger partial charge in [-0.1, -0.05) is 12.1 Å². The summed E-state index contributed by atoms with van der Waals surface area (Å²) < 4.78 is 44.5. The smallest absolute Gasteiger partial charge is 0.465 e. The van der Waals surface area contributed by atoms with Gasteiger partial charge in [0.1, 0.15) is 5.75 Å². The third-order valence-electron chi connectivity index (χ3n) is 2.88. The number of rotatable bonds is 5. The van der Waals surface area contributed by atoms with Crippen LogP contribution in [0.5, 0.6) is 5.75 Å². The van der Waals surface area contributed by atoms with Crippen molar-refractivity contribution in [2.45, 2.75) is 12.9 Å². The second-order valence-electron chi connectivity index (χ2n) is 4.63. The molecule has 2 aromatic rings. The summed E-state index contributed by atoms with van der Waals surface area (Å²) in [6, 6.07) is 11.7. The molecule has 0 amide bonds. The first kappa shape index (κ1) is 17.5. The van der Waals surface area contributed by atoms with Gasteiger partial charge in [-0.25, -0.2) is 4.79 Å². The number of esters is 1. The highest BCUT2D eigenvalue weighted by Gasteiger charge is 2.30. The Hall–Kier alpha value is -2.90. The lowest BCUT2D eigenvalue weighted by Crippen LogP contribution is -2.16. The van der Waals surface area contributed by atoms with Gasteiger partial charge in [0.2, 0.25) is 0 Å². The second kappa shape index (κ2) is 7.58. The average molecular weight is 338 g/mol. The van der Waals surface area contributed by atoms with Crippen LogP contribution in [0.25, 0.3) is 0 Å². The molecular weight excluding hydrogens is 325 g/mol. The van der Waals surface area contributed by atoms with Crippen molar-refractivity contribution < 1.29 is 27.4 Å². The van der Waals surface area contributed by atoms with E-state index in [4.69, 9.17) is 0 Å². The van der Waals surface area contributed by atoms with E-state index in [0.717, 1.165) is 17.7 Å². The molecule has 0 aromatic heterocycles. The minimum Gasteiger partial charge on any atom is -0.465 e. The summed E-state index contributed by atoms with van der Waals surface area (Å²) in [7, 11) is 1.30. The van der Waals surface area contributed by atoms with Crippen molar-refractivity contribution in [3.05, 3.63) is 59.7 Å².